The fourth-order valence-corrected chi connectivity index (χ4v) is 2.29. The number of likely N-dealkylation sites (N-methyl/N-ethyl adjacent to an activating group) is 1. The highest BCUT2D eigenvalue weighted by atomic mass is 16.5. The predicted molar refractivity (Wildman–Crippen MR) is 74.8 cm³/mol. The Balaban J connectivity index is 1.66. The minimum Gasteiger partial charge on any atom is -0.376 e. The first kappa shape index (κ1) is 14.0. The molecular formula is C15H22N2O2. The van der Waals surface area contributed by atoms with E-state index in [2.05, 4.69) is 17.4 Å². The molecule has 1 unspecified atom stereocenters. The summed E-state index contributed by atoms with van der Waals surface area (Å²) < 4.78 is 5.48. The van der Waals surface area contributed by atoms with E-state index in [1.165, 1.54) is 5.56 Å². The molecule has 1 fully saturated rings. The van der Waals surface area contributed by atoms with E-state index in [0.717, 1.165) is 26.0 Å². The number of hydrogen-bond acceptors (Lipinski definition) is 3. The van der Waals surface area contributed by atoms with Gasteiger partial charge in [0.15, 0.2) is 0 Å². The summed E-state index contributed by atoms with van der Waals surface area (Å²) in [6.45, 7) is 2.67. The number of nitrogens with zero attached hydrogens (tertiary/aromatic N) is 1. The van der Waals surface area contributed by atoms with Gasteiger partial charge in [0.05, 0.1) is 12.6 Å². The Morgan fingerprint density at radius 3 is 2.89 bits per heavy atom. The summed E-state index contributed by atoms with van der Waals surface area (Å²) in [6, 6.07) is 10.2. The Bertz CT molecular complexity index is 388. The Labute approximate surface area is 114 Å². The van der Waals surface area contributed by atoms with Crippen LogP contribution in [0.1, 0.15) is 18.4 Å². The van der Waals surface area contributed by atoms with Crippen LogP contribution in [0.15, 0.2) is 30.3 Å². The van der Waals surface area contributed by atoms with Crippen LogP contribution in [0.25, 0.3) is 0 Å². The average Bonchev–Trinajstić information content (AvgIpc) is 2.90. The Morgan fingerprint density at radius 1 is 1.42 bits per heavy atom. The number of hydrogen-bond donors (Lipinski definition) is 1. The molecule has 1 N–H and O–H groups in total. The van der Waals surface area contributed by atoms with Crippen molar-refractivity contribution in [2.24, 2.45) is 0 Å². The van der Waals surface area contributed by atoms with E-state index in [-0.39, 0.29) is 12.0 Å². The lowest BCUT2D eigenvalue weighted by Crippen LogP contribution is -2.38. The number of ether oxygens (including phenoxy) is 1. The van der Waals surface area contributed by atoms with Crippen LogP contribution in [0.4, 0.5) is 0 Å². The topological polar surface area (TPSA) is 41.6 Å². The molecule has 1 aliphatic rings. The van der Waals surface area contributed by atoms with Gasteiger partial charge in [-0.05, 0) is 25.5 Å². The Kier molecular flexibility index (Phi) is 5.36. The third-order valence-corrected chi connectivity index (χ3v) is 3.26. The highest BCUT2D eigenvalue weighted by Gasteiger charge is 2.16. The van der Waals surface area contributed by atoms with Crippen LogP contribution < -0.4 is 5.32 Å². The fourth-order valence-electron chi connectivity index (χ4n) is 2.29. The maximum absolute atomic E-state index is 11.8. The average molecular weight is 262 g/mol. The standard InChI is InChI=1S/C15H22N2O2/c1-17(11-13-6-3-2-4-7-13)12-15(18)16-10-14-8-5-9-19-14/h2-4,6-7,14H,5,8-12H2,1H3,(H,16,18). The molecule has 0 saturated carbocycles. The molecule has 1 aromatic rings. The SMILES string of the molecule is CN(CC(=O)NCC1CCCO1)Cc1ccccc1. The van der Waals surface area contributed by atoms with Crippen LogP contribution in [0.2, 0.25) is 0 Å². The molecule has 4 heteroatoms. The largest absolute Gasteiger partial charge is 0.376 e. The first-order valence-electron chi connectivity index (χ1n) is 6.85. The molecule has 2 rings (SSSR count). The lowest BCUT2D eigenvalue weighted by molar-refractivity contribution is -0.122. The third-order valence-electron chi connectivity index (χ3n) is 3.26. The van der Waals surface area contributed by atoms with Crippen LogP contribution >= 0.6 is 0 Å². The van der Waals surface area contributed by atoms with Gasteiger partial charge in [-0.3, -0.25) is 9.69 Å². The molecule has 1 saturated heterocycles. The smallest absolute Gasteiger partial charge is 0.234 e. The summed E-state index contributed by atoms with van der Waals surface area (Å²) in [5.74, 6) is 0.0638. The normalized spacial score (nSPS) is 18.7. The lowest BCUT2D eigenvalue weighted by Gasteiger charge is -2.17. The van der Waals surface area contributed by atoms with Crippen LogP contribution in [-0.4, -0.2) is 43.7 Å². The van der Waals surface area contributed by atoms with E-state index in [0.29, 0.717) is 13.1 Å². The zero-order valence-electron chi connectivity index (χ0n) is 11.5. The van der Waals surface area contributed by atoms with Crippen molar-refractivity contribution in [1.29, 1.82) is 0 Å². The Hall–Kier alpha value is -1.39. The quantitative estimate of drug-likeness (QED) is 0.843. The van der Waals surface area contributed by atoms with Gasteiger partial charge in [0, 0.05) is 19.7 Å². The maximum Gasteiger partial charge on any atom is 0.234 e. The zero-order valence-corrected chi connectivity index (χ0v) is 11.5. The van der Waals surface area contributed by atoms with Crippen molar-refractivity contribution < 1.29 is 9.53 Å². The number of carbonyl (C=O) groups is 1. The molecule has 1 aromatic carbocycles. The van der Waals surface area contributed by atoms with Gasteiger partial charge >= 0.3 is 0 Å². The van der Waals surface area contributed by atoms with Crippen LogP contribution in [0, 0.1) is 0 Å². The molecule has 1 amide bonds. The second-order valence-corrected chi connectivity index (χ2v) is 5.10. The van der Waals surface area contributed by atoms with E-state index in [1.807, 2.05) is 30.1 Å². The highest BCUT2D eigenvalue weighted by molar-refractivity contribution is 5.77. The van der Waals surface area contributed by atoms with Gasteiger partial charge < -0.3 is 10.1 Å². The molecule has 1 heterocycles. The van der Waals surface area contributed by atoms with E-state index in [4.69, 9.17) is 4.74 Å². The number of benzene rings is 1. The first-order chi connectivity index (χ1) is 9.24. The third kappa shape index (κ3) is 5.01. The first-order valence-corrected chi connectivity index (χ1v) is 6.85. The monoisotopic (exact) mass is 262 g/mol. The second-order valence-electron chi connectivity index (χ2n) is 5.10. The number of rotatable bonds is 6. The maximum atomic E-state index is 11.8. The summed E-state index contributed by atoms with van der Waals surface area (Å²) in [7, 11) is 1.96. The summed E-state index contributed by atoms with van der Waals surface area (Å²) >= 11 is 0. The van der Waals surface area contributed by atoms with Gasteiger partial charge in [0.1, 0.15) is 0 Å². The summed E-state index contributed by atoms with van der Waals surface area (Å²) in [6.07, 6.45) is 2.37. The van der Waals surface area contributed by atoms with Gasteiger partial charge in [-0.2, -0.15) is 0 Å². The Morgan fingerprint density at radius 2 is 2.21 bits per heavy atom. The van der Waals surface area contributed by atoms with Crippen LogP contribution in [-0.2, 0) is 16.1 Å². The molecule has 0 spiro atoms. The van der Waals surface area contributed by atoms with E-state index < -0.39 is 0 Å². The molecule has 104 valence electrons. The summed E-state index contributed by atoms with van der Waals surface area (Å²) in [5.41, 5.74) is 1.22. The minimum absolute atomic E-state index is 0.0638. The van der Waals surface area contributed by atoms with Crippen molar-refractivity contribution in [3.8, 4) is 0 Å². The molecule has 4 nitrogen and oxygen atoms in total. The van der Waals surface area contributed by atoms with Gasteiger partial charge in [-0.15, -0.1) is 0 Å². The molecular weight excluding hydrogens is 240 g/mol. The van der Waals surface area contributed by atoms with E-state index in [9.17, 15) is 4.79 Å². The van der Waals surface area contributed by atoms with E-state index in [1.54, 1.807) is 0 Å². The molecule has 0 radical (unpaired) electrons. The van der Waals surface area contributed by atoms with Crippen molar-refractivity contribution in [2.75, 3.05) is 26.7 Å². The van der Waals surface area contributed by atoms with Crippen LogP contribution in [0.3, 0.4) is 0 Å². The van der Waals surface area contributed by atoms with Crippen molar-refractivity contribution in [3.63, 3.8) is 0 Å². The number of amides is 1. The molecule has 0 aliphatic carbocycles. The molecule has 0 aromatic heterocycles. The zero-order chi connectivity index (χ0) is 13.5. The van der Waals surface area contributed by atoms with Gasteiger partial charge in [0.2, 0.25) is 5.91 Å². The van der Waals surface area contributed by atoms with Crippen molar-refractivity contribution in [2.45, 2.75) is 25.5 Å². The van der Waals surface area contributed by atoms with Crippen molar-refractivity contribution in [3.05, 3.63) is 35.9 Å². The molecule has 19 heavy (non-hydrogen) atoms. The predicted octanol–water partition coefficient (Wildman–Crippen LogP) is 1.41. The van der Waals surface area contributed by atoms with E-state index >= 15 is 0 Å². The summed E-state index contributed by atoms with van der Waals surface area (Å²) in [5, 5.41) is 2.94. The molecule has 0 bridgehead atoms. The molecule has 1 aliphatic heterocycles. The number of nitrogens with one attached hydrogen (secondary N) is 1. The van der Waals surface area contributed by atoms with Crippen molar-refractivity contribution >= 4 is 5.91 Å². The highest BCUT2D eigenvalue weighted by Crippen LogP contribution is 2.10. The fraction of sp³-hybridized carbons (Fsp3) is 0.533. The molecule has 1 atom stereocenters. The van der Waals surface area contributed by atoms with Gasteiger partial charge in [-0.25, -0.2) is 0 Å². The summed E-state index contributed by atoms with van der Waals surface area (Å²) in [4.78, 5) is 13.8. The van der Waals surface area contributed by atoms with Crippen molar-refractivity contribution in [1.82, 2.24) is 10.2 Å². The van der Waals surface area contributed by atoms with Gasteiger partial charge in [-0.1, -0.05) is 30.3 Å². The van der Waals surface area contributed by atoms with Crippen LogP contribution in [0.5, 0.6) is 0 Å². The van der Waals surface area contributed by atoms with Gasteiger partial charge in [0.25, 0.3) is 0 Å². The lowest BCUT2D eigenvalue weighted by atomic mass is 10.2. The number of carbonyl (C=O) groups excluding carboxylic acids is 1. The minimum atomic E-state index is 0.0638. The second kappa shape index (κ2) is 7.26.